The Morgan fingerprint density at radius 2 is 2.08 bits per heavy atom. The standard InChI is InChI=1S/C9H19NO2/c1-8(2)4-6-10-7-5-9(11)12-3/h8,10H,4-7H2,1-3H3. The van der Waals surface area contributed by atoms with E-state index in [2.05, 4.69) is 23.9 Å². The van der Waals surface area contributed by atoms with E-state index in [9.17, 15) is 4.79 Å². The average molecular weight is 173 g/mol. The van der Waals surface area contributed by atoms with Crippen molar-refractivity contribution in [1.82, 2.24) is 5.32 Å². The van der Waals surface area contributed by atoms with Gasteiger partial charge in [-0.05, 0) is 18.9 Å². The molecule has 12 heavy (non-hydrogen) atoms. The minimum atomic E-state index is -0.146. The maximum Gasteiger partial charge on any atom is 0.306 e. The average Bonchev–Trinajstić information content (AvgIpc) is 2.03. The molecule has 0 bridgehead atoms. The normalized spacial score (nSPS) is 10.3. The molecule has 0 aromatic rings. The van der Waals surface area contributed by atoms with Crippen LogP contribution in [0.15, 0.2) is 0 Å². The highest BCUT2D eigenvalue weighted by atomic mass is 16.5. The fourth-order valence-corrected chi connectivity index (χ4v) is 0.808. The van der Waals surface area contributed by atoms with Gasteiger partial charge in [-0.1, -0.05) is 13.8 Å². The lowest BCUT2D eigenvalue weighted by Crippen LogP contribution is -2.20. The number of carbonyl (C=O) groups is 1. The Labute approximate surface area is 74.5 Å². The first kappa shape index (κ1) is 11.4. The van der Waals surface area contributed by atoms with Crippen molar-refractivity contribution in [3.8, 4) is 0 Å². The van der Waals surface area contributed by atoms with E-state index in [4.69, 9.17) is 0 Å². The number of hydrogen-bond acceptors (Lipinski definition) is 3. The summed E-state index contributed by atoms with van der Waals surface area (Å²) in [7, 11) is 1.41. The lowest BCUT2D eigenvalue weighted by atomic mass is 10.1. The number of carbonyl (C=O) groups excluding carboxylic acids is 1. The summed E-state index contributed by atoms with van der Waals surface area (Å²) in [5.41, 5.74) is 0. The zero-order chi connectivity index (χ0) is 9.40. The maximum absolute atomic E-state index is 10.6. The molecule has 0 fully saturated rings. The number of methoxy groups -OCH3 is 1. The van der Waals surface area contributed by atoms with Crippen LogP contribution < -0.4 is 5.32 Å². The van der Waals surface area contributed by atoms with Gasteiger partial charge in [-0.2, -0.15) is 0 Å². The Morgan fingerprint density at radius 3 is 2.58 bits per heavy atom. The highest BCUT2D eigenvalue weighted by molar-refractivity contribution is 5.69. The van der Waals surface area contributed by atoms with Gasteiger partial charge in [0.2, 0.25) is 0 Å². The molecule has 0 aromatic heterocycles. The number of nitrogens with one attached hydrogen (secondary N) is 1. The Hall–Kier alpha value is -0.570. The predicted octanol–water partition coefficient (Wildman–Crippen LogP) is 1.19. The van der Waals surface area contributed by atoms with Crippen molar-refractivity contribution in [2.75, 3.05) is 20.2 Å². The second kappa shape index (κ2) is 7.10. The Morgan fingerprint density at radius 1 is 1.42 bits per heavy atom. The van der Waals surface area contributed by atoms with Gasteiger partial charge in [-0.15, -0.1) is 0 Å². The summed E-state index contributed by atoms with van der Waals surface area (Å²) in [5, 5.41) is 3.18. The second-order valence-corrected chi connectivity index (χ2v) is 3.26. The molecule has 0 radical (unpaired) electrons. The summed E-state index contributed by atoms with van der Waals surface area (Å²) in [4.78, 5) is 10.6. The monoisotopic (exact) mass is 173 g/mol. The molecule has 0 saturated heterocycles. The zero-order valence-corrected chi connectivity index (χ0v) is 8.22. The molecule has 0 unspecified atom stereocenters. The summed E-state index contributed by atoms with van der Waals surface area (Å²) < 4.78 is 4.50. The lowest BCUT2D eigenvalue weighted by Gasteiger charge is -2.05. The summed E-state index contributed by atoms with van der Waals surface area (Å²) in [5.74, 6) is 0.572. The van der Waals surface area contributed by atoms with Crippen LogP contribution in [0.1, 0.15) is 26.7 Å². The van der Waals surface area contributed by atoms with E-state index in [1.807, 2.05) is 0 Å². The van der Waals surface area contributed by atoms with Crippen molar-refractivity contribution in [1.29, 1.82) is 0 Å². The van der Waals surface area contributed by atoms with Gasteiger partial charge in [0.1, 0.15) is 0 Å². The molecular formula is C9H19NO2. The minimum Gasteiger partial charge on any atom is -0.469 e. The van der Waals surface area contributed by atoms with Gasteiger partial charge >= 0.3 is 5.97 Å². The molecule has 3 heteroatoms. The van der Waals surface area contributed by atoms with Crippen molar-refractivity contribution in [3.05, 3.63) is 0 Å². The van der Waals surface area contributed by atoms with E-state index in [0.717, 1.165) is 25.4 Å². The van der Waals surface area contributed by atoms with Gasteiger partial charge in [0.05, 0.1) is 13.5 Å². The fourth-order valence-electron chi connectivity index (χ4n) is 0.808. The first-order valence-electron chi connectivity index (χ1n) is 4.44. The van der Waals surface area contributed by atoms with Crippen LogP contribution in [0.3, 0.4) is 0 Å². The molecular weight excluding hydrogens is 154 g/mol. The van der Waals surface area contributed by atoms with Gasteiger partial charge in [0.15, 0.2) is 0 Å². The van der Waals surface area contributed by atoms with Gasteiger partial charge < -0.3 is 10.1 Å². The van der Waals surface area contributed by atoms with Crippen molar-refractivity contribution < 1.29 is 9.53 Å². The van der Waals surface area contributed by atoms with Gasteiger partial charge in [0.25, 0.3) is 0 Å². The summed E-state index contributed by atoms with van der Waals surface area (Å²) in [6.45, 7) is 6.07. The van der Waals surface area contributed by atoms with E-state index in [1.54, 1.807) is 0 Å². The number of rotatable bonds is 6. The molecule has 0 aromatic carbocycles. The predicted molar refractivity (Wildman–Crippen MR) is 49.0 cm³/mol. The van der Waals surface area contributed by atoms with Gasteiger partial charge in [-0.25, -0.2) is 0 Å². The molecule has 0 amide bonds. The Bertz CT molecular complexity index is 124. The Kier molecular flexibility index (Phi) is 6.76. The van der Waals surface area contributed by atoms with Crippen LogP contribution in [0.4, 0.5) is 0 Å². The largest absolute Gasteiger partial charge is 0.469 e. The van der Waals surface area contributed by atoms with Crippen molar-refractivity contribution in [2.45, 2.75) is 26.7 Å². The molecule has 0 aliphatic heterocycles. The highest BCUT2D eigenvalue weighted by Gasteiger charge is 1.98. The van der Waals surface area contributed by atoms with Crippen LogP contribution in [-0.2, 0) is 9.53 Å². The van der Waals surface area contributed by atoms with E-state index < -0.39 is 0 Å². The third-order valence-electron chi connectivity index (χ3n) is 1.63. The molecule has 0 atom stereocenters. The van der Waals surface area contributed by atoms with E-state index in [-0.39, 0.29) is 5.97 Å². The lowest BCUT2D eigenvalue weighted by molar-refractivity contribution is -0.140. The molecule has 0 aliphatic carbocycles. The van der Waals surface area contributed by atoms with Crippen LogP contribution in [0.2, 0.25) is 0 Å². The van der Waals surface area contributed by atoms with Crippen molar-refractivity contribution in [3.63, 3.8) is 0 Å². The fraction of sp³-hybridized carbons (Fsp3) is 0.889. The number of ether oxygens (including phenoxy) is 1. The molecule has 1 N–H and O–H groups in total. The van der Waals surface area contributed by atoms with E-state index in [1.165, 1.54) is 7.11 Å². The van der Waals surface area contributed by atoms with Crippen LogP contribution >= 0.6 is 0 Å². The summed E-state index contributed by atoms with van der Waals surface area (Å²) in [6, 6.07) is 0. The van der Waals surface area contributed by atoms with Crippen LogP contribution in [-0.4, -0.2) is 26.2 Å². The SMILES string of the molecule is COC(=O)CCNCCC(C)C. The molecule has 72 valence electrons. The van der Waals surface area contributed by atoms with Crippen molar-refractivity contribution in [2.24, 2.45) is 5.92 Å². The molecule has 3 nitrogen and oxygen atoms in total. The van der Waals surface area contributed by atoms with Gasteiger partial charge in [0, 0.05) is 6.54 Å². The third-order valence-corrected chi connectivity index (χ3v) is 1.63. The molecule has 0 rings (SSSR count). The third kappa shape index (κ3) is 7.54. The quantitative estimate of drug-likeness (QED) is 0.484. The van der Waals surface area contributed by atoms with Crippen LogP contribution in [0, 0.1) is 5.92 Å². The summed E-state index contributed by atoms with van der Waals surface area (Å²) >= 11 is 0. The second-order valence-electron chi connectivity index (χ2n) is 3.26. The smallest absolute Gasteiger partial charge is 0.306 e. The minimum absolute atomic E-state index is 0.146. The van der Waals surface area contributed by atoms with Crippen molar-refractivity contribution >= 4 is 5.97 Å². The summed E-state index contributed by atoms with van der Waals surface area (Å²) in [6.07, 6.45) is 1.62. The number of esters is 1. The number of hydrogen-bond donors (Lipinski definition) is 1. The molecule has 0 aliphatic rings. The zero-order valence-electron chi connectivity index (χ0n) is 8.22. The molecule has 0 heterocycles. The topological polar surface area (TPSA) is 38.3 Å². The Balaban J connectivity index is 3.05. The van der Waals surface area contributed by atoms with E-state index >= 15 is 0 Å². The van der Waals surface area contributed by atoms with E-state index in [0.29, 0.717) is 6.42 Å². The van der Waals surface area contributed by atoms with Gasteiger partial charge in [-0.3, -0.25) is 4.79 Å². The molecule has 0 saturated carbocycles. The highest BCUT2D eigenvalue weighted by Crippen LogP contribution is 1.96. The van der Waals surface area contributed by atoms with Crippen LogP contribution in [0.5, 0.6) is 0 Å². The maximum atomic E-state index is 10.6. The molecule has 0 spiro atoms. The first-order valence-corrected chi connectivity index (χ1v) is 4.44. The first-order chi connectivity index (χ1) is 5.66. The van der Waals surface area contributed by atoms with Crippen LogP contribution in [0.25, 0.3) is 0 Å².